The van der Waals surface area contributed by atoms with Crippen LogP contribution in [0.1, 0.15) is 5.56 Å². The van der Waals surface area contributed by atoms with Gasteiger partial charge in [0.15, 0.2) is 5.16 Å². The molecule has 0 unspecified atom stereocenters. The summed E-state index contributed by atoms with van der Waals surface area (Å²) < 4.78 is 2.02. The van der Waals surface area contributed by atoms with Crippen molar-refractivity contribution in [2.24, 2.45) is 0 Å². The zero-order valence-electron chi connectivity index (χ0n) is 16.2. The molecule has 30 heavy (non-hydrogen) atoms. The molecule has 0 atom stereocenters. The van der Waals surface area contributed by atoms with Crippen LogP contribution in [0.4, 0.5) is 0 Å². The van der Waals surface area contributed by atoms with E-state index in [9.17, 15) is 9.90 Å². The maximum absolute atomic E-state index is 11.3. The van der Waals surface area contributed by atoms with Crippen molar-refractivity contribution >= 4 is 29.3 Å². The summed E-state index contributed by atoms with van der Waals surface area (Å²) in [5.41, 5.74) is 5.45. The minimum atomic E-state index is -0.889. The molecule has 1 N–H and O–H groups in total. The predicted molar refractivity (Wildman–Crippen MR) is 123 cm³/mol. The van der Waals surface area contributed by atoms with Crippen LogP contribution in [-0.2, 0) is 4.79 Å². The van der Waals surface area contributed by atoms with Crippen LogP contribution < -0.4 is 0 Å². The molecule has 150 valence electrons. The molecule has 0 saturated carbocycles. The number of hydrogen-bond donors (Lipinski definition) is 1. The summed E-state index contributed by atoms with van der Waals surface area (Å²) in [5, 5.41) is 10.5. The lowest BCUT2D eigenvalue weighted by Gasteiger charge is -2.16. The van der Waals surface area contributed by atoms with Gasteiger partial charge in [-0.3, -0.25) is 9.36 Å². The molecule has 1 heterocycles. The van der Waals surface area contributed by atoms with E-state index in [0.29, 0.717) is 10.2 Å². The summed E-state index contributed by atoms with van der Waals surface area (Å²) in [6.45, 7) is 1.96. The number of hydrogen-bond acceptors (Lipinski definition) is 3. The van der Waals surface area contributed by atoms with Gasteiger partial charge in [0.1, 0.15) is 0 Å². The minimum Gasteiger partial charge on any atom is -0.481 e. The number of aromatic nitrogens is 2. The highest BCUT2D eigenvalue weighted by Gasteiger charge is 2.23. The van der Waals surface area contributed by atoms with Crippen molar-refractivity contribution < 1.29 is 9.90 Å². The molecular weight excluding hydrogens is 416 g/mol. The van der Waals surface area contributed by atoms with E-state index >= 15 is 0 Å². The number of halogens is 1. The first kappa shape index (κ1) is 20.3. The SMILES string of the molecule is Cc1c(Cl)cccc1-n1c(SCC(=O)O)nc(-c2ccccc2)c1-c1ccccc1. The molecule has 3 aromatic carbocycles. The van der Waals surface area contributed by atoms with Crippen LogP contribution in [0.5, 0.6) is 0 Å². The lowest BCUT2D eigenvalue weighted by atomic mass is 10.0. The van der Waals surface area contributed by atoms with Crippen LogP contribution in [0.3, 0.4) is 0 Å². The highest BCUT2D eigenvalue weighted by Crippen LogP contribution is 2.39. The smallest absolute Gasteiger partial charge is 0.313 e. The van der Waals surface area contributed by atoms with Crippen molar-refractivity contribution in [3.63, 3.8) is 0 Å². The fourth-order valence-corrected chi connectivity index (χ4v) is 4.24. The first-order valence-electron chi connectivity index (χ1n) is 9.40. The second-order valence-electron chi connectivity index (χ2n) is 6.73. The minimum absolute atomic E-state index is 0.0842. The third-order valence-corrected chi connectivity index (χ3v) is 6.08. The number of benzene rings is 3. The lowest BCUT2D eigenvalue weighted by Crippen LogP contribution is -2.04. The van der Waals surface area contributed by atoms with Gasteiger partial charge >= 0.3 is 5.97 Å². The van der Waals surface area contributed by atoms with E-state index in [4.69, 9.17) is 16.6 Å². The molecule has 1 aromatic heterocycles. The second kappa shape index (κ2) is 8.78. The number of thioether (sulfide) groups is 1. The van der Waals surface area contributed by atoms with Crippen LogP contribution in [0.25, 0.3) is 28.2 Å². The van der Waals surface area contributed by atoms with Crippen LogP contribution in [0.2, 0.25) is 5.02 Å². The van der Waals surface area contributed by atoms with Gasteiger partial charge in [-0.25, -0.2) is 4.98 Å². The molecule has 0 aliphatic heterocycles. The van der Waals surface area contributed by atoms with Crippen molar-refractivity contribution in [1.82, 2.24) is 9.55 Å². The first-order valence-corrected chi connectivity index (χ1v) is 10.8. The second-order valence-corrected chi connectivity index (χ2v) is 8.08. The Bertz CT molecular complexity index is 1190. The number of carboxylic acid groups (broad SMARTS) is 1. The van der Waals surface area contributed by atoms with E-state index in [0.717, 1.165) is 33.8 Å². The molecule has 6 heteroatoms. The Hall–Kier alpha value is -3.02. The molecule has 0 aliphatic carbocycles. The van der Waals surface area contributed by atoms with Crippen molar-refractivity contribution in [3.05, 3.63) is 89.4 Å². The Morgan fingerprint density at radius 1 is 0.967 bits per heavy atom. The quantitative estimate of drug-likeness (QED) is 0.359. The maximum atomic E-state index is 11.3. The fraction of sp³-hybridized carbons (Fsp3) is 0.0833. The Labute approximate surface area is 184 Å². The first-order chi connectivity index (χ1) is 14.6. The van der Waals surface area contributed by atoms with Gasteiger partial charge in [-0.1, -0.05) is 90.1 Å². The molecule has 0 spiro atoms. The van der Waals surface area contributed by atoms with Crippen LogP contribution >= 0.6 is 23.4 Å². The van der Waals surface area contributed by atoms with E-state index < -0.39 is 5.97 Å². The summed E-state index contributed by atoms with van der Waals surface area (Å²) in [4.78, 5) is 16.2. The lowest BCUT2D eigenvalue weighted by molar-refractivity contribution is -0.133. The molecular formula is C24H19ClN2O2S. The maximum Gasteiger partial charge on any atom is 0.313 e. The number of carbonyl (C=O) groups is 1. The zero-order chi connectivity index (χ0) is 21.1. The molecule has 4 nitrogen and oxygen atoms in total. The fourth-order valence-electron chi connectivity index (χ4n) is 3.34. The number of carboxylic acids is 1. The predicted octanol–water partition coefficient (Wildman–Crippen LogP) is 6.34. The highest BCUT2D eigenvalue weighted by molar-refractivity contribution is 7.99. The Balaban J connectivity index is 2.05. The van der Waals surface area contributed by atoms with Gasteiger partial charge in [0.05, 0.1) is 22.8 Å². The summed E-state index contributed by atoms with van der Waals surface area (Å²) in [5.74, 6) is -0.973. The number of imidazole rings is 1. The summed E-state index contributed by atoms with van der Waals surface area (Å²) >= 11 is 7.63. The van der Waals surface area contributed by atoms with E-state index in [2.05, 4.69) is 0 Å². The van der Waals surface area contributed by atoms with E-state index in [1.54, 1.807) is 0 Å². The van der Waals surface area contributed by atoms with Gasteiger partial charge in [0, 0.05) is 16.1 Å². The monoisotopic (exact) mass is 434 g/mol. The third kappa shape index (κ3) is 3.99. The standard InChI is InChI=1S/C24H19ClN2O2S/c1-16-19(25)13-8-14-20(16)27-23(18-11-6-3-7-12-18)22(17-9-4-2-5-10-17)26-24(27)30-15-21(28)29/h2-14H,15H2,1H3,(H,28,29). The summed E-state index contributed by atoms with van der Waals surface area (Å²) in [6.07, 6.45) is 0. The largest absolute Gasteiger partial charge is 0.481 e. The van der Waals surface area contributed by atoms with Gasteiger partial charge in [-0.2, -0.15) is 0 Å². The summed E-state index contributed by atoms with van der Waals surface area (Å²) in [7, 11) is 0. The molecule has 0 fully saturated rings. The van der Waals surface area contributed by atoms with Crippen molar-refractivity contribution in [2.45, 2.75) is 12.1 Å². The molecule has 0 radical (unpaired) electrons. The molecule has 0 aliphatic rings. The van der Waals surface area contributed by atoms with E-state index in [1.807, 2.05) is 90.4 Å². The topological polar surface area (TPSA) is 55.1 Å². The van der Waals surface area contributed by atoms with E-state index in [1.165, 1.54) is 11.8 Å². The van der Waals surface area contributed by atoms with Crippen LogP contribution in [-0.4, -0.2) is 26.4 Å². The Kier molecular flexibility index (Phi) is 5.93. The number of rotatable bonds is 6. The van der Waals surface area contributed by atoms with Gasteiger partial charge in [-0.15, -0.1) is 0 Å². The summed E-state index contributed by atoms with van der Waals surface area (Å²) in [6, 6.07) is 25.6. The number of nitrogens with zero attached hydrogens (tertiary/aromatic N) is 2. The molecule has 0 bridgehead atoms. The van der Waals surface area contributed by atoms with Gasteiger partial charge < -0.3 is 5.11 Å². The highest BCUT2D eigenvalue weighted by atomic mass is 35.5. The Morgan fingerprint density at radius 3 is 2.23 bits per heavy atom. The van der Waals surface area contributed by atoms with E-state index in [-0.39, 0.29) is 5.75 Å². The molecule has 0 saturated heterocycles. The normalized spacial score (nSPS) is 10.9. The molecule has 4 rings (SSSR count). The zero-order valence-corrected chi connectivity index (χ0v) is 17.8. The van der Waals surface area contributed by atoms with Crippen molar-refractivity contribution in [1.29, 1.82) is 0 Å². The molecule has 4 aromatic rings. The number of aliphatic carboxylic acids is 1. The average Bonchev–Trinajstić information content (AvgIpc) is 3.15. The van der Waals surface area contributed by atoms with Crippen LogP contribution in [0, 0.1) is 6.92 Å². The van der Waals surface area contributed by atoms with Gasteiger partial charge in [0.2, 0.25) is 0 Å². The molecule has 0 amide bonds. The van der Waals surface area contributed by atoms with Crippen LogP contribution in [0.15, 0.2) is 84.0 Å². The van der Waals surface area contributed by atoms with Crippen molar-refractivity contribution in [3.8, 4) is 28.2 Å². The van der Waals surface area contributed by atoms with Crippen molar-refractivity contribution in [2.75, 3.05) is 5.75 Å². The average molecular weight is 435 g/mol. The van der Waals surface area contributed by atoms with Gasteiger partial charge in [-0.05, 0) is 24.6 Å². The van der Waals surface area contributed by atoms with Gasteiger partial charge in [0.25, 0.3) is 0 Å². The Morgan fingerprint density at radius 2 is 1.60 bits per heavy atom. The third-order valence-electron chi connectivity index (χ3n) is 4.75.